The van der Waals surface area contributed by atoms with E-state index in [4.69, 9.17) is 15.4 Å². The fourth-order valence-corrected chi connectivity index (χ4v) is 2.80. The molecule has 0 atom stereocenters. The van der Waals surface area contributed by atoms with Gasteiger partial charge in [-0.1, -0.05) is 6.07 Å². The van der Waals surface area contributed by atoms with Gasteiger partial charge in [-0.25, -0.2) is 13.2 Å². The summed E-state index contributed by atoms with van der Waals surface area (Å²) in [5.41, 5.74) is 0.212. The van der Waals surface area contributed by atoms with Gasteiger partial charge in [-0.2, -0.15) is 0 Å². The van der Waals surface area contributed by atoms with Crippen molar-refractivity contribution in [2.24, 2.45) is 0 Å². The number of rotatable bonds is 3. The van der Waals surface area contributed by atoms with Crippen molar-refractivity contribution in [1.29, 1.82) is 0 Å². The lowest BCUT2D eigenvalue weighted by atomic mass is 10.2. The highest BCUT2D eigenvalue weighted by molar-refractivity contribution is 8.13. The third-order valence-electron chi connectivity index (χ3n) is 2.93. The average molecular weight is 289 g/mol. The van der Waals surface area contributed by atoms with Crippen molar-refractivity contribution in [2.45, 2.75) is 36.7 Å². The molecule has 1 aromatic carbocycles. The van der Waals surface area contributed by atoms with Crippen molar-refractivity contribution in [3.8, 4) is 0 Å². The summed E-state index contributed by atoms with van der Waals surface area (Å²) in [6, 6.07) is 5.57. The maximum atomic E-state index is 11.8. The molecule has 18 heavy (non-hydrogen) atoms. The van der Waals surface area contributed by atoms with E-state index in [1.165, 1.54) is 24.3 Å². The van der Waals surface area contributed by atoms with Gasteiger partial charge in [0.15, 0.2) is 0 Å². The molecule has 98 valence electrons. The molecule has 0 spiro atoms. The highest BCUT2D eigenvalue weighted by Gasteiger charge is 2.21. The Morgan fingerprint density at radius 1 is 1.28 bits per heavy atom. The van der Waals surface area contributed by atoms with Gasteiger partial charge in [0, 0.05) is 10.7 Å². The predicted octanol–water partition coefficient (Wildman–Crippen LogP) is 2.71. The van der Waals surface area contributed by atoms with Gasteiger partial charge in [0.25, 0.3) is 9.05 Å². The Hall–Kier alpha value is -1.07. The van der Waals surface area contributed by atoms with Crippen molar-refractivity contribution in [1.82, 2.24) is 0 Å². The molecule has 0 aliphatic heterocycles. The zero-order chi connectivity index (χ0) is 13.2. The van der Waals surface area contributed by atoms with Gasteiger partial charge < -0.3 is 4.74 Å². The van der Waals surface area contributed by atoms with E-state index < -0.39 is 15.0 Å². The monoisotopic (exact) mass is 288 g/mol. The third kappa shape index (κ3) is 3.23. The van der Waals surface area contributed by atoms with Crippen LogP contribution in [0.5, 0.6) is 0 Å². The summed E-state index contributed by atoms with van der Waals surface area (Å²) in [6.45, 7) is 0. The number of esters is 1. The Morgan fingerprint density at radius 3 is 2.56 bits per heavy atom. The summed E-state index contributed by atoms with van der Waals surface area (Å²) in [5, 5.41) is 0. The minimum absolute atomic E-state index is 0.0474. The lowest BCUT2D eigenvalue weighted by Gasteiger charge is -2.11. The number of carbonyl (C=O) groups is 1. The summed E-state index contributed by atoms with van der Waals surface area (Å²) in [5.74, 6) is -0.496. The van der Waals surface area contributed by atoms with E-state index in [-0.39, 0.29) is 16.6 Å². The molecule has 0 bridgehead atoms. The van der Waals surface area contributed by atoms with E-state index >= 15 is 0 Å². The number of benzene rings is 1. The quantitative estimate of drug-likeness (QED) is 0.634. The van der Waals surface area contributed by atoms with E-state index in [0.717, 1.165) is 25.7 Å². The largest absolute Gasteiger partial charge is 0.459 e. The molecule has 2 rings (SSSR count). The first-order chi connectivity index (χ1) is 8.47. The van der Waals surface area contributed by atoms with Crippen LogP contribution in [0.2, 0.25) is 0 Å². The molecule has 0 radical (unpaired) electrons. The van der Waals surface area contributed by atoms with Gasteiger partial charge in [-0.05, 0) is 43.9 Å². The van der Waals surface area contributed by atoms with Crippen LogP contribution in [0.15, 0.2) is 29.2 Å². The molecule has 1 fully saturated rings. The molecule has 0 saturated heterocycles. The van der Waals surface area contributed by atoms with Crippen LogP contribution in [0.1, 0.15) is 36.0 Å². The second-order valence-electron chi connectivity index (χ2n) is 4.28. The molecule has 1 aliphatic carbocycles. The van der Waals surface area contributed by atoms with Crippen LogP contribution in [-0.4, -0.2) is 20.5 Å². The van der Waals surface area contributed by atoms with Crippen LogP contribution in [0.4, 0.5) is 0 Å². The molecule has 0 aromatic heterocycles. The van der Waals surface area contributed by atoms with Crippen molar-refractivity contribution >= 4 is 25.7 Å². The van der Waals surface area contributed by atoms with E-state index in [9.17, 15) is 13.2 Å². The number of halogens is 1. The zero-order valence-corrected chi connectivity index (χ0v) is 11.2. The van der Waals surface area contributed by atoms with Crippen LogP contribution in [0, 0.1) is 0 Å². The van der Waals surface area contributed by atoms with Gasteiger partial charge in [0.2, 0.25) is 0 Å². The first-order valence-corrected chi connectivity index (χ1v) is 8.03. The zero-order valence-electron chi connectivity index (χ0n) is 9.63. The molecule has 0 N–H and O–H groups in total. The molecular weight excluding hydrogens is 276 g/mol. The molecule has 6 heteroatoms. The summed E-state index contributed by atoms with van der Waals surface area (Å²) < 4.78 is 27.6. The maximum absolute atomic E-state index is 11.8. The second kappa shape index (κ2) is 5.28. The van der Waals surface area contributed by atoms with Gasteiger partial charge in [-0.3, -0.25) is 0 Å². The standard InChI is InChI=1S/C12H13ClO4S/c13-18(15,16)11-7-3-4-9(8-11)12(14)17-10-5-1-2-6-10/h3-4,7-8,10H,1-2,5-6H2. The minimum atomic E-state index is -3.82. The third-order valence-corrected chi connectivity index (χ3v) is 4.28. The summed E-state index contributed by atoms with van der Waals surface area (Å²) in [6.07, 6.45) is 3.83. The van der Waals surface area contributed by atoms with Crippen molar-refractivity contribution in [2.75, 3.05) is 0 Å². The fourth-order valence-electron chi connectivity index (χ4n) is 2.00. The lowest BCUT2D eigenvalue weighted by molar-refractivity contribution is 0.0317. The Kier molecular flexibility index (Phi) is 3.92. The van der Waals surface area contributed by atoms with Crippen LogP contribution in [-0.2, 0) is 13.8 Å². The molecule has 4 nitrogen and oxygen atoms in total. The number of hydrogen-bond donors (Lipinski definition) is 0. The van der Waals surface area contributed by atoms with Gasteiger partial charge >= 0.3 is 5.97 Å². The first-order valence-electron chi connectivity index (χ1n) is 5.72. The molecule has 0 unspecified atom stereocenters. The second-order valence-corrected chi connectivity index (χ2v) is 6.84. The number of ether oxygens (including phenoxy) is 1. The molecule has 0 amide bonds. The summed E-state index contributed by atoms with van der Waals surface area (Å²) >= 11 is 0. The number of carbonyl (C=O) groups excluding carboxylic acids is 1. The van der Waals surface area contributed by atoms with Crippen LogP contribution in [0.3, 0.4) is 0 Å². The summed E-state index contributed by atoms with van der Waals surface area (Å²) in [4.78, 5) is 11.7. The van der Waals surface area contributed by atoms with Gasteiger partial charge in [0.1, 0.15) is 6.10 Å². The fraction of sp³-hybridized carbons (Fsp3) is 0.417. The molecule has 1 aliphatic rings. The van der Waals surface area contributed by atoms with Crippen molar-refractivity contribution < 1.29 is 17.9 Å². The molecule has 0 heterocycles. The Bertz CT molecular complexity index is 547. The van der Waals surface area contributed by atoms with E-state index in [1.54, 1.807) is 0 Å². The maximum Gasteiger partial charge on any atom is 0.338 e. The smallest absolute Gasteiger partial charge is 0.338 e. The van der Waals surface area contributed by atoms with Crippen LogP contribution in [0.25, 0.3) is 0 Å². The Labute approximate surface area is 110 Å². The molecule has 1 aromatic rings. The highest BCUT2D eigenvalue weighted by atomic mass is 35.7. The SMILES string of the molecule is O=C(OC1CCCC1)c1cccc(S(=O)(=O)Cl)c1. The topological polar surface area (TPSA) is 60.4 Å². The summed E-state index contributed by atoms with van der Waals surface area (Å²) in [7, 11) is 1.40. The predicted molar refractivity (Wildman–Crippen MR) is 67.2 cm³/mol. The van der Waals surface area contributed by atoms with E-state index in [2.05, 4.69) is 0 Å². The minimum Gasteiger partial charge on any atom is -0.459 e. The average Bonchev–Trinajstić information content (AvgIpc) is 2.81. The van der Waals surface area contributed by atoms with E-state index in [0.29, 0.717) is 0 Å². The normalized spacial score (nSPS) is 16.7. The highest BCUT2D eigenvalue weighted by Crippen LogP contribution is 2.23. The number of hydrogen-bond acceptors (Lipinski definition) is 4. The Balaban J connectivity index is 2.15. The van der Waals surface area contributed by atoms with E-state index in [1.807, 2.05) is 0 Å². The molecule has 1 saturated carbocycles. The lowest BCUT2D eigenvalue weighted by Crippen LogP contribution is -2.15. The van der Waals surface area contributed by atoms with Crippen LogP contribution < -0.4 is 0 Å². The van der Waals surface area contributed by atoms with Gasteiger partial charge in [-0.15, -0.1) is 0 Å². The molecular formula is C12H13ClO4S. The van der Waals surface area contributed by atoms with Crippen molar-refractivity contribution in [3.63, 3.8) is 0 Å². The van der Waals surface area contributed by atoms with Gasteiger partial charge in [0.05, 0.1) is 10.5 Å². The Morgan fingerprint density at radius 2 is 1.94 bits per heavy atom. The van der Waals surface area contributed by atoms with Crippen LogP contribution >= 0.6 is 10.7 Å². The van der Waals surface area contributed by atoms with Crippen molar-refractivity contribution in [3.05, 3.63) is 29.8 Å². The first kappa shape index (κ1) is 13.4.